The second-order valence-electron chi connectivity index (χ2n) is 3.89. The molecule has 3 nitrogen and oxygen atoms in total. The number of rotatable bonds is 7. The molecule has 1 aromatic rings. The average Bonchev–Trinajstić information content (AvgIpc) is 2.34. The van der Waals surface area contributed by atoms with Gasteiger partial charge in [0.2, 0.25) is 5.91 Å². The number of hydrogen-bond acceptors (Lipinski definition) is 2. The van der Waals surface area contributed by atoms with E-state index in [0.29, 0.717) is 12.2 Å². The number of carbonyl (C=O) groups is 1. The number of carbonyl (C=O) groups excluding carboxylic acids is 1. The third-order valence-electron chi connectivity index (χ3n) is 2.42. The molecule has 94 valence electrons. The molecule has 0 saturated carbocycles. The lowest BCUT2D eigenvalue weighted by Crippen LogP contribution is -2.30. The largest absolute Gasteiger partial charge is 0.374 e. The maximum absolute atomic E-state index is 13.2. The van der Waals surface area contributed by atoms with E-state index in [1.807, 2.05) is 0 Å². The molecule has 0 unspecified atom stereocenters. The standard InChI is InChI=1S/C13H19FN2O/c1-2-3-6-9-15-13(17)10-16-12-8-5-4-7-11(12)14/h4-5,7-8,16H,2-3,6,9-10H2,1H3,(H,15,17). The van der Waals surface area contributed by atoms with Crippen molar-refractivity contribution in [1.29, 1.82) is 0 Å². The summed E-state index contributed by atoms with van der Waals surface area (Å²) in [5.41, 5.74) is 0.358. The van der Waals surface area contributed by atoms with Gasteiger partial charge in [0.05, 0.1) is 12.2 Å². The van der Waals surface area contributed by atoms with Gasteiger partial charge in [0.25, 0.3) is 0 Å². The van der Waals surface area contributed by atoms with Gasteiger partial charge in [-0.1, -0.05) is 31.9 Å². The summed E-state index contributed by atoms with van der Waals surface area (Å²) in [6, 6.07) is 6.32. The predicted octanol–water partition coefficient (Wildman–Crippen LogP) is 2.54. The van der Waals surface area contributed by atoms with Crippen molar-refractivity contribution < 1.29 is 9.18 Å². The van der Waals surface area contributed by atoms with Crippen molar-refractivity contribution in [3.63, 3.8) is 0 Å². The van der Waals surface area contributed by atoms with Crippen LogP contribution in [0.15, 0.2) is 24.3 Å². The average molecular weight is 238 g/mol. The monoisotopic (exact) mass is 238 g/mol. The molecule has 0 fully saturated rings. The maximum atomic E-state index is 13.2. The molecule has 1 aromatic carbocycles. The molecule has 4 heteroatoms. The Bertz CT molecular complexity index is 355. The second kappa shape index (κ2) is 7.65. The summed E-state index contributed by atoms with van der Waals surface area (Å²) in [6.07, 6.45) is 3.23. The SMILES string of the molecule is CCCCCNC(=O)CNc1ccccc1F. The van der Waals surface area contributed by atoms with E-state index in [9.17, 15) is 9.18 Å². The fraction of sp³-hybridized carbons (Fsp3) is 0.462. The zero-order valence-electron chi connectivity index (χ0n) is 10.1. The van der Waals surface area contributed by atoms with Crippen molar-refractivity contribution in [2.24, 2.45) is 0 Å². The van der Waals surface area contributed by atoms with Crippen molar-refractivity contribution in [2.75, 3.05) is 18.4 Å². The first-order valence-corrected chi connectivity index (χ1v) is 5.99. The highest BCUT2D eigenvalue weighted by molar-refractivity contribution is 5.80. The Balaban J connectivity index is 2.22. The van der Waals surface area contributed by atoms with Gasteiger partial charge in [0.1, 0.15) is 5.82 Å². The first-order valence-electron chi connectivity index (χ1n) is 5.99. The fourth-order valence-electron chi connectivity index (χ4n) is 1.45. The number of nitrogens with one attached hydrogen (secondary N) is 2. The second-order valence-corrected chi connectivity index (χ2v) is 3.89. The highest BCUT2D eigenvalue weighted by Crippen LogP contribution is 2.11. The van der Waals surface area contributed by atoms with Gasteiger partial charge in [0.15, 0.2) is 0 Å². The Labute approximate surface area is 101 Å². The zero-order chi connectivity index (χ0) is 12.5. The smallest absolute Gasteiger partial charge is 0.239 e. The highest BCUT2D eigenvalue weighted by atomic mass is 19.1. The minimum absolute atomic E-state index is 0.104. The lowest BCUT2D eigenvalue weighted by molar-refractivity contribution is -0.119. The van der Waals surface area contributed by atoms with Crippen molar-refractivity contribution in [1.82, 2.24) is 5.32 Å². The van der Waals surface area contributed by atoms with Crippen LogP contribution in [0.1, 0.15) is 26.2 Å². The first kappa shape index (κ1) is 13.5. The third kappa shape index (κ3) is 5.33. The molecule has 0 radical (unpaired) electrons. The number of hydrogen-bond donors (Lipinski definition) is 2. The topological polar surface area (TPSA) is 41.1 Å². The zero-order valence-corrected chi connectivity index (χ0v) is 10.1. The third-order valence-corrected chi connectivity index (χ3v) is 2.42. The lowest BCUT2D eigenvalue weighted by atomic mass is 10.2. The molecular weight excluding hydrogens is 219 g/mol. The number of benzene rings is 1. The Morgan fingerprint density at radius 1 is 1.29 bits per heavy atom. The van der Waals surface area contributed by atoms with Gasteiger partial charge in [-0.05, 0) is 18.6 Å². The fourth-order valence-corrected chi connectivity index (χ4v) is 1.45. The van der Waals surface area contributed by atoms with E-state index in [1.54, 1.807) is 18.2 Å². The molecule has 0 aromatic heterocycles. The number of anilines is 1. The van der Waals surface area contributed by atoms with E-state index in [0.717, 1.165) is 19.3 Å². The van der Waals surface area contributed by atoms with Gasteiger partial charge in [-0.15, -0.1) is 0 Å². The van der Waals surface area contributed by atoms with Crippen molar-refractivity contribution in [3.8, 4) is 0 Å². The van der Waals surface area contributed by atoms with Crippen LogP contribution in [0.5, 0.6) is 0 Å². The summed E-state index contributed by atoms with van der Waals surface area (Å²) in [5.74, 6) is -0.448. The molecule has 1 amide bonds. The predicted molar refractivity (Wildman–Crippen MR) is 67.4 cm³/mol. The van der Waals surface area contributed by atoms with Crippen molar-refractivity contribution in [3.05, 3.63) is 30.1 Å². The first-order chi connectivity index (χ1) is 8.24. The summed E-state index contributed by atoms with van der Waals surface area (Å²) < 4.78 is 13.2. The van der Waals surface area contributed by atoms with Gasteiger partial charge in [-0.2, -0.15) is 0 Å². The Morgan fingerprint density at radius 3 is 2.76 bits per heavy atom. The van der Waals surface area contributed by atoms with Gasteiger partial charge in [0, 0.05) is 6.54 Å². The van der Waals surface area contributed by atoms with Crippen LogP contribution in [0.2, 0.25) is 0 Å². The Morgan fingerprint density at radius 2 is 2.06 bits per heavy atom. The Kier molecular flexibility index (Phi) is 6.07. The molecule has 0 bridgehead atoms. The molecule has 0 heterocycles. The van der Waals surface area contributed by atoms with E-state index < -0.39 is 0 Å². The number of unbranched alkanes of at least 4 members (excludes halogenated alkanes) is 2. The van der Waals surface area contributed by atoms with Crippen LogP contribution >= 0.6 is 0 Å². The molecule has 0 atom stereocenters. The molecule has 1 rings (SSSR count). The summed E-state index contributed by atoms with van der Waals surface area (Å²) in [6.45, 7) is 2.90. The molecular formula is C13H19FN2O. The summed E-state index contributed by atoms with van der Waals surface area (Å²) in [7, 11) is 0. The molecule has 17 heavy (non-hydrogen) atoms. The molecule has 0 aliphatic heterocycles. The Hall–Kier alpha value is -1.58. The summed E-state index contributed by atoms with van der Waals surface area (Å²) >= 11 is 0. The molecule has 0 spiro atoms. The summed E-state index contributed by atoms with van der Waals surface area (Å²) in [4.78, 5) is 11.4. The van der Waals surface area contributed by atoms with E-state index in [-0.39, 0.29) is 18.3 Å². The van der Waals surface area contributed by atoms with Crippen LogP contribution < -0.4 is 10.6 Å². The van der Waals surface area contributed by atoms with E-state index in [4.69, 9.17) is 0 Å². The molecule has 0 saturated heterocycles. The highest BCUT2D eigenvalue weighted by Gasteiger charge is 2.03. The van der Waals surface area contributed by atoms with Crippen LogP contribution in [-0.2, 0) is 4.79 Å². The van der Waals surface area contributed by atoms with Gasteiger partial charge >= 0.3 is 0 Å². The maximum Gasteiger partial charge on any atom is 0.239 e. The van der Waals surface area contributed by atoms with E-state index >= 15 is 0 Å². The van der Waals surface area contributed by atoms with Crippen molar-refractivity contribution in [2.45, 2.75) is 26.2 Å². The number of halogens is 1. The van der Waals surface area contributed by atoms with Crippen LogP contribution in [-0.4, -0.2) is 19.0 Å². The summed E-state index contributed by atoms with van der Waals surface area (Å²) in [5, 5.41) is 5.55. The van der Waals surface area contributed by atoms with Gasteiger partial charge in [-0.3, -0.25) is 4.79 Å². The molecule has 2 N–H and O–H groups in total. The minimum Gasteiger partial charge on any atom is -0.374 e. The normalized spacial score (nSPS) is 10.0. The van der Waals surface area contributed by atoms with E-state index in [1.165, 1.54) is 6.07 Å². The molecule has 0 aliphatic carbocycles. The van der Waals surface area contributed by atoms with Crippen molar-refractivity contribution >= 4 is 11.6 Å². The lowest BCUT2D eigenvalue weighted by Gasteiger charge is -2.08. The minimum atomic E-state index is -0.341. The van der Waals surface area contributed by atoms with Gasteiger partial charge < -0.3 is 10.6 Å². The van der Waals surface area contributed by atoms with Crippen LogP contribution in [0.4, 0.5) is 10.1 Å². The van der Waals surface area contributed by atoms with E-state index in [2.05, 4.69) is 17.6 Å². The number of amides is 1. The number of para-hydroxylation sites is 1. The van der Waals surface area contributed by atoms with Crippen LogP contribution in [0.25, 0.3) is 0 Å². The quantitative estimate of drug-likeness (QED) is 0.717. The molecule has 0 aliphatic rings. The van der Waals surface area contributed by atoms with Gasteiger partial charge in [-0.25, -0.2) is 4.39 Å². The van der Waals surface area contributed by atoms with Crippen LogP contribution in [0.3, 0.4) is 0 Å². The van der Waals surface area contributed by atoms with Crippen LogP contribution in [0, 0.1) is 5.82 Å².